The third kappa shape index (κ3) is 31.3. The molecule has 0 aromatic heterocycles. The largest absolute Gasteiger partial charge is 0.462 e. The molecular weight excluding hydrogens is 925 g/mol. The number of carbonyl (C=O) groups excluding carboxylic acids is 2. The Morgan fingerprint density at radius 2 is 0.819 bits per heavy atom. The molecule has 0 aromatic rings. The quantitative estimate of drug-likeness (QED) is 0.0171. The van der Waals surface area contributed by atoms with E-state index in [2.05, 4.69) is 19.9 Å². The van der Waals surface area contributed by atoms with Gasteiger partial charge in [0.25, 0.3) is 0 Å². The summed E-state index contributed by atoms with van der Waals surface area (Å²) < 4.78 is 33.6. The first-order valence-electron chi connectivity index (χ1n) is 29.3. The highest BCUT2D eigenvalue weighted by Crippen LogP contribution is 2.27. The number of hydrogen-bond acceptors (Lipinski definition) is 15. The van der Waals surface area contributed by atoms with Crippen molar-refractivity contribution in [3.63, 3.8) is 0 Å². The van der Waals surface area contributed by atoms with Crippen LogP contribution in [0.15, 0.2) is 12.2 Å². The van der Waals surface area contributed by atoms with E-state index in [1.807, 2.05) is 6.08 Å². The first-order chi connectivity index (χ1) is 35.0. The number of allylic oxidation sites excluding steroid dienone is 2. The molecule has 15 nitrogen and oxygen atoms in total. The van der Waals surface area contributed by atoms with Crippen molar-refractivity contribution in [1.29, 1.82) is 0 Å². The maximum Gasteiger partial charge on any atom is 0.306 e. The molecule has 72 heavy (non-hydrogen) atoms. The van der Waals surface area contributed by atoms with Gasteiger partial charge in [-0.05, 0) is 25.7 Å². The molecule has 2 fully saturated rings. The lowest BCUT2D eigenvalue weighted by Gasteiger charge is -2.42. The van der Waals surface area contributed by atoms with E-state index in [-0.39, 0.29) is 19.4 Å². The standard InChI is InChI=1S/C57H106O15/c1-3-5-7-9-11-13-15-17-19-20-21-22-23-24-26-27-29-31-33-35-37-39-48(59)67-42-45(70-49(60)40-38-36-34-32-30-28-25-18-16-14-12-10-8-6-4-2)43-68-56-55(66)53(64)51(62)47(72-56)44-69-57-54(65)52(63)50(61)46(41-58)71-57/h34,36,45-47,50-58,61-66H,3-33,35,37-44H2,1-2H3/b36-34+/t45-,46+,47+,50-,51-,52?,53?,54?,55?,56+,57+/m0/s1. The Kier molecular flexibility index (Phi) is 40.9. The van der Waals surface area contributed by atoms with E-state index in [1.165, 1.54) is 173 Å². The van der Waals surface area contributed by atoms with Gasteiger partial charge in [-0.2, -0.15) is 0 Å². The number of unbranched alkanes of at least 4 members (excludes halogenated alkanes) is 31. The molecule has 2 saturated heterocycles. The van der Waals surface area contributed by atoms with Gasteiger partial charge in [-0.1, -0.05) is 219 Å². The van der Waals surface area contributed by atoms with Crippen molar-refractivity contribution < 1.29 is 73.8 Å². The summed E-state index contributed by atoms with van der Waals surface area (Å²) in [5.74, 6) is -0.966. The number of aliphatic hydroxyl groups excluding tert-OH is 7. The second kappa shape index (κ2) is 44.4. The van der Waals surface area contributed by atoms with Gasteiger partial charge < -0.3 is 64.2 Å². The topological polar surface area (TPSA) is 231 Å². The summed E-state index contributed by atoms with van der Waals surface area (Å²) in [7, 11) is 0. The van der Waals surface area contributed by atoms with E-state index < -0.39 is 99.3 Å². The van der Waals surface area contributed by atoms with E-state index in [0.717, 1.165) is 32.1 Å². The number of ether oxygens (including phenoxy) is 6. The van der Waals surface area contributed by atoms with Crippen molar-refractivity contribution >= 4 is 11.9 Å². The fourth-order valence-electron chi connectivity index (χ4n) is 9.47. The average Bonchev–Trinajstić information content (AvgIpc) is 3.37. The Morgan fingerprint density at radius 3 is 1.28 bits per heavy atom. The Labute approximate surface area is 435 Å². The van der Waals surface area contributed by atoms with Crippen molar-refractivity contribution in [3.05, 3.63) is 12.2 Å². The Hall–Kier alpha value is -1.76. The average molecular weight is 1030 g/mol. The molecule has 0 aliphatic carbocycles. The van der Waals surface area contributed by atoms with E-state index >= 15 is 0 Å². The van der Waals surface area contributed by atoms with Crippen LogP contribution < -0.4 is 0 Å². The van der Waals surface area contributed by atoms with Crippen LogP contribution >= 0.6 is 0 Å². The third-order valence-electron chi connectivity index (χ3n) is 14.3. The number of esters is 2. The van der Waals surface area contributed by atoms with E-state index in [1.54, 1.807) is 0 Å². The summed E-state index contributed by atoms with van der Waals surface area (Å²) >= 11 is 0. The van der Waals surface area contributed by atoms with Gasteiger partial charge in [-0.25, -0.2) is 0 Å². The Balaban J connectivity index is 1.74. The van der Waals surface area contributed by atoms with E-state index in [9.17, 15) is 45.3 Å². The zero-order valence-electron chi connectivity index (χ0n) is 45.2. The summed E-state index contributed by atoms with van der Waals surface area (Å²) in [6, 6.07) is 0. The van der Waals surface area contributed by atoms with Crippen molar-refractivity contribution in [2.45, 2.75) is 313 Å². The smallest absolute Gasteiger partial charge is 0.306 e. The lowest BCUT2D eigenvalue weighted by molar-refractivity contribution is -0.332. The second-order valence-electron chi connectivity index (χ2n) is 20.8. The predicted molar refractivity (Wildman–Crippen MR) is 280 cm³/mol. The van der Waals surface area contributed by atoms with Gasteiger partial charge in [0.1, 0.15) is 55.4 Å². The van der Waals surface area contributed by atoms with Crippen LogP contribution in [0.4, 0.5) is 0 Å². The van der Waals surface area contributed by atoms with Gasteiger partial charge >= 0.3 is 11.9 Å². The molecular formula is C57H106O15. The van der Waals surface area contributed by atoms with Crippen molar-refractivity contribution in [1.82, 2.24) is 0 Å². The Morgan fingerprint density at radius 1 is 0.431 bits per heavy atom. The van der Waals surface area contributed by atoms with Gasteiger partial charge in [-0.15, -0.1) is 0 Å². The summed E-state index contributed by atoms with van der Waals surface area (Å²) in [5.41, 5.74) is 0. The van der Waals surface area contributed by atoms with E-state index in [4.69, 9.17) is 28.4 Å². The molecule has 0 spiro atoms. The minimum Gasteiger partial charge on any atom is -0.462 e. The number of carbonyl (C=O) groups is 2. The molecule has 11 atom stereocenters. The second-order valence-corrected chi connectivity index (χ2v) is 20.8. The fourth-order valence-corrected chi connectivity index (χ4v) is 9.47. The normalized spacial score (nSPS) is 25.0. The van der Waals surface area contributed by atoms with Gasteiger partial charge in [0.15, 0.2) is 18.7 Å². The summed E-state index contributed by atoms with van der Waals surface area (Å²) in [6.45, 7) is 2.60. The lowest BCUT2D eigenvalue weighted by Crippen LogP contribution is -2.61. The lowest BCUT2D eigenvalue weighted by atomic mass is 9.98. The first-order valence-corrected chi connectivity index (χ1v) is 29.3. The molecule has 0 aromatic carbocycles. The highest BCUT2D eigenvalue weighted by Gasteiger charge is 2.47. The molecule has 424 valence electrons. The van der Waals surface area contributed by atoms with Gasteiger partial charge in [-0.3, -0.25) is 9.59 Å². The number of aliphatic hydroxyl groups is 7. The zero-order valence-corrected chi connectivity index (χ0v) is 45.2. The molecule has 15 heteroatoms. The highest BCUT2D eigenvalue weighted by atomic mass is 16.7. The monoisotopic (exact) mass is 1030 g/mol. The summed E-state index contributed by atoms with van der Waals surface area (Å²) in [6.07, 6.45) is 29.7. The minimum absolute atomic E-state index is 0.0868. The Bertz CT molecular complexity index is 1300. The molecule has 2 heterocycles. The SMILES string of the molecule is CCCCCCCCCCCCC/C=C/CCC(=O)O[C@@H](COC(=O)CCCCCCCCCCCCCCCCCCCCCCC)CO[C@@H]1O[C@H](CO[C@@H]2O[C@H](CO)[C@H](O)C(O)C2O)[C@H](O)C(O)C1O. The van der Waals surface area contributed by atoms with Crippen LogP contribution in [0.1, 0.15) is 245 Å². The zero-order chi connectivity index (χ0) is 52.4. The maximum atomic E-state index is 13.0. The fraction of sp³-hybridized carbons (Fsp3) is 0.930. The molecule has 2 aliphatic rings. The summed E-state index contributed by atoms with van der Waals surface area (Å²) in [4.78, 5) is 25.8. The van der Waals surface area contributed by atoms with Gasteiger partial charge in [0.2, 0.25) is 0 Å². The van der Waals surface area contributed by atoms with Crippen LogP contribution in [0.25, 0.3) is 0 Å². The number of hydrogen-bond donors (Lipinski definition) is 7. The van der Waals surface area contributed by atoms with Crippen molar-refractivity contribution in [2.75, 3.05) is 26.4 Å². The van der Waals surface area contributed by atoms with Crippen LogP contribution in [0.3, 0.4) is 0 Å². The van der Waals surface area contributed by atoms with Crippen LogP contribution in [-0.2, 0) is 38.0 Å². The molecule has 0 amide bonds. The summed E-state index contributed by atoms with van der Waals surface area (Å²) in [5, 5.41) is 72.2. The molecule has 0 saturated carbocycles. The third-order valence-corrected chi connectivity index (χ3v) is 14.3. The van der Waals surface area contributed by atoms with Crippen LogP contribution in [0.5, 0.6) is 0 Å². The number of rotatable bonds is 47. The molecule has 0 radical (unpaired) electrons. The molecule has 2 rings (SSSR count). The first kappa shape index (κ1) is 66.4. The van der Waals surface area contributed by atoms with Crippen molar-refractivity contribution in [3.8, 4) is 0 Å². The van der Waals surface area contributed by atoms with Crippen LogP contribution in [0, 0.1) is 0 Å². The van der Waals surface area contributed by atoms with Crippen molar-refractivity contribution in [2.24, 2.45) is 0 Å². The molecule has 2 aliphatic heterocycles. The van der Waals surface area contributed by atoms with Crippen LogP contribution in [0.2, 0.25) is 0 Å². The highest BCUT2D eigenvalue weighted by molar-refractivity contribution is 5.70. The minimum atomic E-state index is -1.77. The molecule has 4 unspecified atom stereocenters. The van der Waals surface area contributed by atoms with E-state index in [0.29, 0.717) is 12.8 Å². The predicted octanol–water partition coefficient (Wildman–Crippen LogP) is 9.72. The molecule has 7 N–H and O–H groups in total. The van der Waals surface area contributed by atoms with Crippen LogP contribution in [-0.4, -0.2) is 142 Å². The molecule has 0 bridgehead atoms. The van der Waals surface area contributed by atoms with Gasteiger partial charge in [0, 0.05) is 12.8 Å². The van der Waals surface area contributed by atoms with Gasteiger partial charge in [0.05, 0.1) is 19.8 Å². The maximum absolute atomic E-state index is 13.0.